The second-order valence-corrected chi connectivity index (χ2v) is 5.77. The molecule has 0 bridgehead atoms. The molecule has 0 spiro atoms. The number of benzene rings is 3. The molecule has 0 amide bonds. The van der Waals surface area contributed by atoms with Crippen molar-refractivity contribution in [3.05, 3.63) is 85.2 Å². The summed E-state index contributed by atoms with van der Waals surface area (Å²) in [7, 11) is 0. The van der Waals surface area contributed by atoms with Crippen LogP contribution in [-0.2, 0) is 0 Å². The number of imidazole rings is 1. The van der Waals surface area contributed by atoms with E-state index in [4.69, 9.17) is 0 Å². The highest BCUT2D eigenvalue weighted by atomic mass is 15.0. The standard InChI is InChI=1S/C21H14N2/c1-3-9-17-15(7-1)13-16-8-2-4-10-18(16)21(17)19-14-22-20-11-5-6-12-23(19)20/h1-14H. The maximum Gasteiger partial charge on any atom is 0.137 e. The van der Waals surface area contributed by atoms with Crippen molar-refractivity contribution in [3.8, 4) is 11.3 Å². The van der Waals surface area contributed by atoms with Crippen LogP contribution in [0.5, 0.6) is 0 Å². The largest absolute Gasteiger partial charge is 0.300 e. The fourth-order valence-corrected chi connectivity index (χ4v) is 3.41. The molecule has 0 aliphatic rings. The Bertz CT molecular complexity index is 1110. The molecule has 5 rings (SSSR count). The van der Waals surface area contributed by atoms with Crippen molar-refractivity contribution in [1.82, 2.24) is 9.38 Å². The van der Waals surface area contributed by atoms with Crippen molar-refractivity contribution < 1.29 is 0 Å². The Morgan fingerprint density at radius 1 is 0.696 bits per heavy atom. The number of nitrogens with zero attached hydrogens (tertiary/aromatic N) is 2. The first-order valence-electron chi connectivity index (χ1n) is 7.75. The quantitative estimate of drug-likeness (QED) is 0.383. The SMILES string of the molecule is c1ccc2c(-c3cnc4ccccn34)c3ccccc3cc2c1. The molecule has 0 saturated carbocycles. The second-order valence-electron chi connectivity index (χ2n) is 5.77. The van der Waals surface area contributed by atoms with Gasteiger partial charge in [0.1, 0.15) is 5.65 Å². The van der Waals surface area contributed by atoms with Gasteiger partial charge in [0, 0.05) is 11.8 Å². The molecule has 0 unspecified atom stereocenters. The summed E-state index contributed by atoms with van der Waals surface area (Å²) in [5.41, 5.74) is 3.35. The molecule has 0 fully saturated rings. The van der Waals surface area contributed by atoms with Crippen LogP contribution in [0.3, 0.4) is 0 Å². The lowest BCUT2D eigenvalue weighted by Gasteiger charge is -2.11. The minimum atomic E-state index is 0.972. The van der Waals surface area contributed by atoms with Crippen LogP contribution in [0.25, 0.3) is 38.4 Å². The average Bonchev–Trinajstić information content (AvgIpc) is 3.03. The molecule has 2 heterocycles. The van der Waals surface area contributed by atoms with Gasteiger partial charge >= 0.3 is 0 Å². The molecule has 108 valence electrons. The molecular weight excluding hydrogens is 280 g/mol. The monoisotopic (exact) mass is 294 g/mol. The van der Waals surface area contributed by atoms with E-state index >= 15 is 0 Å². The van der Waals surface area contributed by atoms with Gasteiger partial charge in [0.15, 0.2) is 0 Å². The molecule has 0 aliphatic carbocycles. The summed E-state index contributed by atoms with van der Waals surface area (Å²) in [6.07, 6.45) is 4.05. The highest BCUT2D eigenvalue weighted by Crippen LogP contribution is 2.36. The lowest BCUT2D eigenvalue weighted by molar-refractivity contribution is 1.19. The first-order chi connectivity index (χ1) is 11.4. The average molecular weight is 294 g/mol. The molecule has 3 aromatic carbocycles. The van der Waals surface area contributed by atoms with Crippen LogP contribution in [0, 0.1) is 0 Å². The van der Waals surface area contributed by atoms with E-state index in [9.17, 15) is 0 Å². The predicted molar refractivity (Wildman–Crippen MR) is 95.6 cm³/mol. The topological polar surface area (TPSA) is 17.3 Å². The highest BCUT2D eigenvalue weighted by Gasteiger charge is 2.13. The van der Waals surface area contributed by atoms with E-state index in [-0.39, 0.29) is 0 Å². The van der Waals surface area contributed by atoms with Crippen molar-refractivity contribution in [1.29, 1.82) is 0 Å². The van der Waals surface area contributed by atoms with Gasteiger partial charge in [-0.15, -0.1) is 0 Å². The van der Waals surface area contributed by atoms with Crippen molar-refractivity contribution in [2.45, 2.75) is 0 Å². The molecule has 0 saturated heterocycles. The van der Waals surface area contributed by atoms with Gasteiger partial charge < -0.3 is 0 Å². The summed E-state index contributed by atoms with van der Waals surface area (Å²) in [5, 5.41) is 5.04. The number of fused-ring (bicyclic) bond motifs is 3. The summed E-state index contributed by atoms with van der Waals surface area (Å²) < 4.78 is 2.16. The first-order valence-corrected chi connectivity index (χ1v) is 7.75. The normalized spacial score (nSPS) is 11.5. The first kappa shape index (κ1) is 12.4. The minimum absolute atomic E-state index is 0.972. The Morgan fingerprint density at radius 3 is 2.09 bits per heavy atom. The maximum absolute atomic E-state index is 4.57. The summed E-state index contributed by atoms with van der Waals surface area (Å²) in [6, 6.07) is 25.5. The third kappa shape index (κ3) is 1.78. The Hall–Kier alpha value is -3.13. The van der Waals surface area contributed by atoms with Gasteiger partial charge in [-0.1, -0.05) is 54.6 Å². The summed E-state index contributed by atoms with van der Waals surface area (Å²) in [4.78, 5) is 4.57. The third-order valence-corrected chi connectivity index (χ3v) is 4.44. The molecule has 2 aromatic heterocycles. The number of rotatable bonds is 1. The van der Waals surface area contributed by atoms with E-state index < -0.39 is 0 Å². The van der Waals surface area contributed by atoms with E-state index in [1.807, 2.05) is 24.4 Å². The van der Waals surface area contributed by atoms with Gasteiger partial charge in [0.25, 0.3) is 0 Å². The summed E-state index contributed by atoms with van der Waals surface area (Å²) in [5.74, 6) is 0. The zero-order valence-electron chi connectivity index (χ0n) is 12.5. The van der Waals surface area contributed by atoms with Gasteiger partial charge in [-0.05, 0) is 39.7 Å². The molecule has 0 atom stereocenters. The van der Waals surface area contributed by atoms with Gasteiger partial charge in [0.05, 0.1) is 11.9 Å². The minimum Gasteiger partial charge on any atom is -0.300 e. The van der Waals surface area contributed by atoms with Gasteiger partial charge in [-0.2, -0.15) is 0 Å². The summed E-state index contributed by atoms with van der Waals surface area (Å²) in [6.45, 7) is 0. The van der Waals surface area contributed by atoms with Crippen LogP contribution >= 0.6 is 0 Å². The smallest absolute Gasteiger partial charge is 0.137 e. The van der Waals surface area contributed by atoms with E-state index in [1.54, 1.807) is 0 Å². The molecule has 2 heteroatoms. The predicted octanol–water partition coefficient (Wildman–Crippen LogP) is 5.31. The zero-order chi connectivity index (χ0) is 15.2. The molecule has 0 radical (unpaired) electrons. The fraction of sp³-hybridized carbons (Fsp3) is 0. The molecule has 2 nitrogen and oxygen atoms in total. The van der Waals surface area contributed by atoms with Crippen LogP contribution in [-0.4, -0.2) is 9.38 Å². The number of aromatic nitrogens is 2. The number of hydrogen-bond acceptors (Lipinski definition) is 1. The van der Waals surface area contributed by atoms with Crippen molar-refractivity contribution >= 4 is 27.2 Å². The van der Waals surface area contributed by atoms with E-state index in [1.165, 1.54) is 27.1 Å². The second kappa shape index (κ2) is 4.68. The van der Waals surface area contributed by atoms with Crippen LogP contribution in [0.4, 0.5) is 0 Å². The Balaban J connectivity index is 2.02. The van der Waals surface area contributed by atoms with Crippen molar-refractivity contribution in [3.63, 3.8) is 0 Å². The van der Waals surface area contributed by atoms with Gasteiger partial charge in [-0.3, -0.25) is 4.40 Å². The number of hydrogen-bond donors (Lipinski definition) is 0. The summed E-state index contributed by atoms with van der Waals surface area (Å²) >= 11 is 0. The molecule has 5 aromatic rings. The molecule has 0 N–H and O–H groups in total. The molecular formula is C21H14N2. The van der Waals surface area contributed by atoms with Crippen molar-refractivity contribution in [2.75, 3.05) is 0 Å². The highest BCUT2D eigenvalue weighted by molar-refractivity contribution is 6.12. The Morgan fingerprint density at radius 2 is 1.35 bits per heavy atom. The van der Waals surface area contributed by atoms with Gasteiger partial charge in [-0.25, -0.2) is 4.98 Å². The Labute approximate surface area is 133 Å². The molecule has 23 heavy (non-hydrogen) atoms. The number of pyridine rings is 1. The maximum atomic E-state index is 4.57. The van der Waals surface area contributed by atoms with E-state index in [0.717, 1.165) is 11.3 Å². The third-order valence-electron chi connectivity index (χ3n) is 4.44. The molecule has 0 aliphatic heterocycles. The van der Waals surface area contributed by atoms with Crippen LogP contribution in [0.2, 0.25) is 0 Å². The van der Waals surface area contributed by atoms with Crippen molar-refractivity contribution in [2.24, 2.45) is 0 Å². The van der Waals surface area contributed by atoms with Crippen LogP contribution < -0.4 is 0 Å². The Kier molecular flexibility index (Phi) is 2.53. The van der Waals surface area contributed by atoms with E-state index in [2.05, 4.69) is 70.2 Å². The van der Waals surface area contributed by atoms with Crippen LogP contribution in [0.15, 0.2) is 85.2 Å². The van der Waals surface area contributed by atoms with E-state index in [0.29, 0.717) is 0 Å². The zero-order valence-corrected chi connectivity index (χ0v) is 12.5. The van der Waals surface area contributed by atoms with Crippen LogP contribution in [0.1, 0.15) is 0 Å². The fourth-order valence-electron chi connectivity index (χ4n) is 3.41. The van der Waals surface area contributed by atoms with Gasteiger partial charge in [0.2, 0.25) is 0 Å². The lowest BCUT2D eigenvalue weighted by atomic mass is 9.95. The lowest BCUT2D eigenvalue weighted by Crippen LogP contribution is -1.90.